The molecule has 0 saturated heterocycles. The maximum Gasteiger partial charge on any atom is 0.330 e. The third-order valence-corrected chi connectivity index (χ3v) is 4.18. The number of nitrogens with zero attached hydrogens (tertiary/aromatic N) is 2. The molecule has 0 radical (unpaired) electrons. The molecule has 0 spiro atoms. The summed E-state index contributed by atoms with van der Waals surface area (Å²) < 4.78 is 15.3. The molecule has 0 atom stereocenters. The fourth-order valence-electron chi connectivity index (χ4n) is 2.59. The molecule has 7 nitrogen and oxygen atoms in total. The Balaban J connectivity index is 2.58. The number of amides is 1. The number of hydrogen-bond donors (Lipinski definition) is 2. The van der Waals surface area contributed by atoms with E-state index in [1.165, 1.54) is 16.7 Å². The smallest absolute Gasteiger partial charge is 0.330 e. The number of aromatic amines is 1. The van der Waals surface area contributed by atoms with E-state index >= 15 is 0 Å². The first kappa shape index (κ1) is 19.7. The average molecular weight is 383 g/mol. The maximum absolute atomic E-state index is 14.1. The fraction of sp³-hybridized carbons (Fsp3) is 0.353. The number of unbranched alkanes of at least 4 members (excludes halogenated alkanes) is 1. The van der Waals surface area contributed by atoms with Crippen LogP contribution in [0, 0.1) is 5.82 Å². The SMILES string of the molecule is CCCCn1c(N)c(N(CC)C(=O)c2ccc(Cl)cc2F)c(=O)[nH]c1=O. The van der Waals surface area contributed by atoms with Crippen molar-refractivity contribution in [1.29, 1.82) is 0 Å². The number of nitrogens with two attached hydrogens (primary N) is 1. The molecule has 26 heavy (non-hydrogen) atoms. The van der Waals surface area contributed by atoms with Gasteiger partial charge in [0.05, 0.1) is 5.56 Å². The second-order valence-corrected chi connectivity index (χ2v) is 6.11. The van der Waals surface area contributed by atoms with Crippen LogP contribution in [0.5, 0.6) is 0 Å². The summed E-state index contributed by atoms with van der Waals surface area (Å²) in [6.07, 6.45) is 1.48. The molecule has 1 heterocycles. The Hall–Kier alpha value is -2.61. The molecule has 0 saturated carbocycles. The van der Waals surface area contributed by atoms with Crippen LogP contribution in [-0.4, -0.2) is 22.0 Å². The Morgan fingerprint density at radius 1 is 1.35 bits per heavy atom. The number of aromatic nitrogens is 2. The summed E-state index contributed by atoms with van der Waals surface area (Å²) in [5.41, 5.74) is 4.14. The van der Waals surface area contributed by atoms with E-state index < -0.39 is 23.0 Å². The topological polar surface area (TPSA) is 101 Å². The van der Waals surface area contributed by atoms with Crippen LogP contribution in [0.25, 0.3) is 0 Å². The lowest BCUT2D eigenvalue weighted by atomic mass is 10.1. The van der Waals surface area contributed by atoms with Crippen molar-refractivity contribution < 1.29 is 9.18 Å². The van der Waals surface area contributed by atoms with Crippen molar-refractivity contribution >= 4 is 29.0 Å². The fourth-order valence-corrected chi connectivity index (χ4v) is 2.75. The Morgan fingerprint density at radius 2 is 2.04 bits per heavy atom. The van der Waals surface area contributed by atoms with Crippen LogP contribution in [0.15, 0.2) is 27.8 Å². The standard InChI is InChI=1S/C17H20ClFN4O3/c1-3-5-8-23-14(20)13(15(24)21-17(23)26)22(4-2)16(25)11-7-6-10(18)9-12(11)19/h6-7,9H,3-5,8,20H2,1-2H3,(H,21,24,26). The molecule has 0 aliphatic rings. The molecular formula is C17H20ClFN4O3. The van der Waals surface area contributed by atoms with Crippen molar-refractivity contribution in [2.75, 3.05) is 17.2 Å². The van der Waals surface area contributed by atoms with E-state index in [-0.39, 0.29) is 28.6 Å². The number of nitrogens with one attached hydrogen (secondary N) is 1. The minimum absolute atomic E-state index is 0.0557. The summed E-state index contributed by atoms with van der Waals surface area (Å²) >= 11 is 5.71. The van der Waals surface area contributed by atoms with E-state index in [2.05, 4.69) is 4.98 Å². The number of hydrogen-bond acceptors (Lipinski definition) is 4. The molecule has 3 N–H and O–H groups in total. The van der Waals surface area contributed by atoms with Crippen molar-refractivity contribution in [2.45, 2.75) is 33.2 Å². The van der Waals surface area contributed by atoms with Gasteiger partial charge in [-0.05, 0) is 31.5 Å². The largest absolute Gasteiger partial charge is 0.383 e. The molecule has 1 aromatic heterocycles. The van der Waals surface area contributed by atoms with E-state index in [1.54, 1.807) is 6.92 Å². The first-order valence-corrected chi connectivity index (χ1v) is 8.59. The summed E-state index contributed by atoms with van der Waals surface area (Å²) in [6.45, 7) is 3.91. The van der Waals surface area contributed by atoms with Gasteiger partial charge in [-0.3, -0.25) is 19.1 Å². The number of halogens is 2. The molecule has 1 aromatic carbocycles. The van der Waals surface area contributed by atoms with Crippen LogP contribution in [0.4, 0.5) is 15.9 Å². The molecule has 2 aromatic rings. The highest BCUT2D eigenvalue weighted by molar-refractivity contribution is 6.30. The van der Waals surface area contributed by atoms with Gasteiger partial charge in [-0.25, -0.2) is 9.18 Å². The van der Waals surface area contributed by atoms with E-state index in [1.807, 2.05) is 6.92 Å². The molecule has 0 aliphatic heterocycles. The average Bonchev–Trinajstić information content (AvgIpc) is 2.57. The van der Waals surface area contributed by atoms with Crippen LogP contribution in [0.3, 0.4) is 0 Å². The predicted octanol–water partition coefficient (Wildman–Crippen LogP) is 2.38. The van der Waals surface area contributed by atoms with E-state index in [0.29, 0.717) is 13.0 Å². The van der Waals surface area contributed by atoms with Gasteiger partial charge in [0.2, 0.25) is 0 Å². The molecule has 2 rings (SSSR count). The van der Waals surface area contributed by atoms with Crippen molar-refractivity contribution in [3.63, 3.8) is 0 Å². The van der Waals surface area contributed by atoms with E-state index in [9.17, 15) is 18.8 Å². The zero-order valence-corrected chi connectivity index (χ0v) is 15.3. The molecule has 0 fully saturated rings. The zero-order chi connectivity index (χ0) is 19.4. The van der Waals surface area contributed by atoms with Crippen molar-refractivity contribution in [1.82, 2.24) is 9.55 Å². The summed E-state index contributed by atoms with van der Waals surface area (Å²) in [5, 5.41) is 0.146. The van der Waals surface area contributed by atoms with E-state index in [4.69, 9.17) is 17.3 Å². The number of H-pyrrole nitrogens is 1. The maximum atomic E-state index is 14.1. The lowest BCUT2D eigenvalue weighted by Gasteiger charge is -2.23. The zero-order valence-electron chi connectivity index (χ0n) is 14.5. The van der Waals surface area contributed by atoms with Gasteiger partial charge in [-0.2, -0.15) is 0 Å². The molecule has 0 aliphatic carbocycles. The van der Waals surface area contributed by atoms with Gasteiger partial charge >= 0.3 is 5.69 Å². The molecular weight excluding hydrogens is 363 g/mol. The molecule has 9 heteroatoms. The van der Waals surface area contributed by atoms with Gasteiger partial charge in [0.25, 0.3) is 11.5 Å². The quantitative estimate of drug-likeness (QED) is 0.800. The molecule has 1 amide bonds. The van der Waals surface area contributed by atoms with Crippen LogP contribution < -0.4 is 21.9 Å². The summed E-state index contributed by atoms with van der Waals surface area (Å²) in [6, 6.07) is 3.63. The number of rotatable bonds is 6. The van der Waals surface area contributed by atoms with Gasteiger partial charge in [-0.15, -0.1) is 0 Å². The highest BCUT2D eigenvalue weighted by Gasteiger charge is 2.25. The third-order valence-electron chi connectivity index (χ3n) is 3.94. The highest BCUT2D eigenvalue weighted by Crippen LogP contribution is 2.22. The van der Waals surface area contributed by atoms with E-state index in [0.717, 1.165) is 17.4 Å². The first-order chi connectivity index (χ1) is 12.3. The molecule has 140 valence electrons. The van der Waals surface area contributed by atoms with Gasteiger partial charge < -0.3 is 10.6 Å². The normalized spacial score (nSPS) is 10.8. The van der Waals surface area contributed by atoms with Gasteiger partial charge in [-0.1, -0.05) is 24.9 Å². The minimum Gasteiger partial charge on any atom is -0.383 e. The number of carbonyl (C=O) groups excluding carboxylic acids is 1. The number of benzene rings is 1. The van der Waals surface area contributed by atoms with Crippen molar-refractivity contribution in [3.05, 3.63) is 55.4 Å². The van der Waals surface area contributed by atoms with Crippen molar-refractivity contribution in [2.24, 2.45) is 0 Å². The van der Waals surface area contributed by atoms with Crippen molar-refractivity contribution in [3.8, 4) is 0 Å². The van der Waals surface area contributed by atoms with Crippen LogP contribution in [0.1, 0.15) is 37.0 Å². The summed E-state index contributed by atoms with van der Waals surface area (Å²) in [5.74, 6) is -1.69. The third kappa shape index (κ3) is 3.80. The van der Waals surface area contributed by atoms with Crippen LogP contribution >= 0.6 is 11.6 Å². The van der Waals surface area contributed by atoms with Crippen LogP contribution in [0.2, 0.25) is 5.02 Å². The highest BCUT2D eigenvalue weighted by atomic mass is 35.5. The Kier molecular flexibility index (Phi) is 6.20. The number of anilines is 2. The molecule has 0 bridgehead atoms. The summed E-state index contributed by atoms with van der Waals surface area (Å²) in [4.78, 5) is 40.3. The monoisotopic (exact) mass is 382 g/mol. The number of nitrogen functional groups attached to an aromatic ring is 1. The Bertz CT molecular complexity index is 939. The number of carbonyl (C=O) groups is 1. The van der Waals surface area contributed by atoms with Gasteiger partial charge in [0, 0.05) is 18.1 Å². The lowest BCUT2D eigenvalue weighted by molar-refractivity contribution is 0.0984. The molecule has 0 unspecified atom stereocenters. The van der Waals surface area contributed by atoms with Gasteiger partial charge in [0.1, 0.15) is 11.6 Å². The predicted molar refractivity (Wildman–Crippen MR) is 99.4 cm³/mol. The van der Waals surface area contributed by atoms with Gasteiger partial charge in [0.15, 0.2) is 5.69 Å². The second kappa shape index (κ2) is 8.18. The second-order valence-electron chi connectivity index (χ2n) is 5.67. The lowest BCUT2D eigenvalue weighted by Crippen LogP contribution is -2.41. The Morgan fingerprint density at radius 3 is 2.62 bits per heavy atom. The summed E-state index contributed by atoms with van der Waals surface area (Å²) in [7, 11) is 0. The Labute approximate surface area is 154 Å². The van der Waals surface area contributed by atoms with Crippen LogP contribution in [-0.2, 0) is 6.54 Å². The minimum atomic E-state index is -0.810. The first-order valence-electron chi connectivity index (χ1n) is 8.21.